The van der Waals surface area contributed by atoms with Crippen molar-refractivity contribution < 1.29 is 23.2 Å². The van der Waals surface area contributed by atoms with Crippen molar-refractivity contribution in [3.63, 3.8) is 0 Å². The van der Waals surface area contributed by atoms with Crippen molar-refractivity contribution in [3.8, 4) is 0 Å². The maximum absolute atomic E-state index is 16.0. The Morgan fingerprint density at radius 2 is 1.53 bits per heavy atom. The lowest BCUT2D eigenvalue weighted by atomic mass is 9.84. The molecule has 7 nitrogen and oxygen atoms in total. The number of benzene rings is 3. The first-order valence-electron chi connectivity index (χ1n) is 15.3. The van der Waals surface area contributed by atoms with E-state index >= 15 is 8.78 Å². The molecule has 10 heteroatoms. The number of hydrogen-bond acceptors (Lipinski definition) is 5. The molecular formula is C37H35ClF2N4O3. The molecule has 0 saturated carbocycles. The lowest BCUT2D eigenvalue weighted by Crippen LogP contribution is -2.46. The molecular weight excluding hydrogens is 622 g/mol. The minimum Gasteiger partial charge on any atom is -0.359 e. The first-order chi connectivity index (χ1) is 22.3. The summed E-state index contributed by atoms with van der Waals surface area (Å²) in [5.41, 5.74) is 2.36. The van der Waals surface area contributed by atoms with Gasteiger partial charge >= 0.3 is 0 Å². The number of rotatable bonds is 5. The van der Waals surface area contributed by atoms with Crippen molar-refractivity contribution >= 4 is 52.7 Å². The number of allylic oxidation sites excluding steroid dienone is 1. The second-order valence-electron chi connectivity index (χ2n) is 11.6. The monoisotopic (exact) mass is 656 g/mol. The Kier molecular flexibility index (Phi) is 10.2. The molecule has 1 unspecified atom stereocenters. The third kappa shape index (κ3) is 6.98. The van der Waals surface area contributed by atoms with E-state index in [-0.39, 0.29) is 41.2 Å². The number of carbonyl (C=O) groups excluding carboxylic acids is 3. The number of fused-ring (bicyclic) bond motifs is 1. The van der Waals surface area contributed by atoms with E-state index in [4.69, 9.17) is 0 Å². The van der Waals surface area contributed by atoms with Crippen LogP contribution >= 0.6 is 12.4 Å². The predicted octanol–water partition coefficient (Wildman–Crippen LogP) is 5.90. The van der Waals surface area contributed by atoms with Gasteiger partial charge in [0, 0.05) is 78.9 Å². The van der Waals surface area contributed by atoms with Gasteiger partial charge in [-0.25, -0.2) is 13.6 Å². The molecule has 2 heterocycles. The zero-order valence-corrected chi connectivity index (χ0v) is 26.7. The minimum absolute atomic E-state index is 0. The fraction of sp³-hybridized carbons (Fsp3) is 0.243. The second kappa shape index (κ2) is 14.3. The molecule has 47 heavy (non-hydrogen) atoms. The highest BCUT2D eigenvalue weighted by Crippen LogP contribution is 2.46. The zero-order chi connectivity index (χ0) is 32.3. The number of halogens is 3. The van der Waals surface area contributed by atoms with E-state index in [1.54, 1.807) is 94.7 Å². The summed E-state index contributed by atoms with van der Waals surface area (Å²) in [5.74, 6) is -2.09. The summed E-state index contributed by atoms with van der Waals surface area (Å²) in [4.78, 5) is 45.2. The Bertz CT molecular complexity index is 1780. The molecule has 0 aromatic heterocycles. The third-order valence-corrected chi connectivity index (χ3v) is 8.71. The van der Waals surface area contributed by atoms with E-state index in [2.05, 4.69) is 16.2 Å². The standard InChI is InChI=1S/C37H34F2N4O3.ClH/c1-41-20-22-42(23-21-41)34(45)24-31-28-14-8-9-15-32(28)43(19-18-37(31,38)39)33-17-16-29(36(46)40-27-12-6-3-7-13-27)35(30(33)25-44)26-10-4-2-5-11-26;/h2-17,24,33H,18-23H2,1H3,(H,40,46);1H. The molecule has 0 radical (unpaired) electrons. The smallest absolute Gasteiger partial charge is 0.275 e. The summed E-state index contributed by atoms with van der Waals surface area (Å²) in [6.07, 6.45) is 3.84. The van der Waals surface area contributed by atoms with Crippen LogP contribution in [0, 0.1) is 0 Å². The molecule has 2 aliphatic heterocycles. The first-order valence-corrected chi connectivity index (χ1v) is 15.3. The topological polar surface area (TPSA) is 73.0 Å². The summed E-state index contributed by atoms with van der Waals surface area (Å²) in [5, 5.41) is 2.89. The Morgan fingerprint density at radius 1 is 0.894 bits per heavy atom. The Balaban J connectivity index is 0.00000433. The number of piperazine rings is 1. The summed E-state index contributed by atoms with van der Waals surface area (Å²) < 4.78 is 32.0. The van der Waals surface area contributed by atoms with Gasteiger partial charge in [-0.3, -0.25) is 9.59 Å². The normalized spacial score (nSPS) is 20.2. The van der Waals surface area contributed by atoms with Gasteiger partial charge in [-0.2, -0.15) is 0 Å². The van der Waals surface area contributed by atoms with Crippen LogP contribution in [0.15, 0.2) is 114 Å². The van der Waals surface area contributed by atoms with Gasteiger partial charge in [0.05, 0.1) is 11.6 Å². The maximum Gasteiger partial charge on any atom is 0.275 e. The number of alkyl halides is 2. The van der Waals surface area contributed by atoms with Crippen LogP contribution in [-0.4, -0.2) is 79.3 Å². The maximum atomic E-state index is 16.0. The summed E-state index contributed by atoms with van der Waals surface area (Å²) in [6, 6.07) is 24.0. The number of nitrogens with zero attached hydrogens (tertiary/aromatic N) is 3. The van der Waals surface area contributed by atoms with Gasteiger partial charge < -0.3 is 20.0 Å². The largest absolute Gasteiger partial charge is 0.359 e. The van der Waals surface area contributed by atoms with Gasteiger partial charge in [-0.15, -0.1) is 12.4 Å². The number of likely N-dealkylation sites (N-methyl/N-ethyl adjacent to an activating group) is 1. The van der Waals surface area contributed by atoms with Crippen molar-refractivity contribution in [2.24, 2.45) is 0 Å². The van der Waals surface area contributed by atoms with Crippen molar-refractivity contribution in [1.29, 1.82) is 0 Å². The molecule has 1 saturated heterocycles. The quantitative estimate of drug-likeness (QED) is 0.274. The molecule has 1 atom stereocenters. The molecule has 3 aromatic carbocycles. The number of amides is 2. The molecule has 1 aliphatic carbocycles. The molecule has 0 bridgehead atoms. The van der Waals surface area contributed by atoms with E-state index in [9.17, 15) is 14.4 Å². The van der Waals surface area contributed by atoms with Crippen LogP contribution in [0.4, 0.5) is 20.2 Å². The lowest BCUT2D eigenvalue weighted by molar-refractivity contribution is -0.127. The van der Waals surface area contributed by atoms with E-state index in [0.717, 1.165) is 6.08 Å². The Labute approximate surface area is 279 Å². The average molecular weight is 657 g/mol. The van der Waals surface area contributed by atoms with Gasteiger partial charge in [0.1, 0.15) is 5.94 Å². The highest BCUT2D eigenvalue weighted by molar-refractivity contribution is 6.15. The van der Waals surface area contributed by atoms with Crippen LogP contribution in [0.1, 0.15) is 17.5 Å². The van der Waals surface area contributed by atoms with Gasteiger partial charge in [0.25, 0.3) is 11.8 Å². The highest BCUT2D eigenvalue weighted by atomic mass is 35.5. The number of para-hydroxylation sites is 2. The molecule has 242 valence electrons. The SMILES string of the molecule is CN1CCN(C(=O)C=C2c3ccccc3N(C3C=CC(C(=O)Nc4ccccc4)=C(c4ccccc4)C3=C=O)CCC2(F)F)CC1.Cl. The van der Waals surface area contributed by atoms with E-state index in [0.29, 0.717) is 48.7 Å². The van der Waals surface area contributed by atoms with Crippen molar-refractivity contribution in [2.75, 3.05) is 50.0 Å². The second-order valence-corrected chi connectivity index (χ2v) is 11.6. The van der Waals surface area contributed by atoms with Gasteiger partial charge in [0.15, 0.2) is 0 Å². The summed E-state index contributed by atoms with van der Waals surface area (Å²) >= 11 is 0. The molecule has 3 aromatic rings. The number of carbonyl (C=O) groups is 2. The molecule has 3 aliphatic rings. The lowest BCUT2D eigenvalue weighted by Gasteiger charge is -2.35. The zero-order valence-electron chi connectivity index (χ0n) is 25.9. The van der Waals surface area contributed by atoms with E-state index in [1.165, 1.54) is 0 Å². The van der Waals surface area contributed by atoms with Gasteiger partial charge in [0.2, 0.25) is 5.91 Å². The van der Waals surface area contributed by atoms with Crippen LogP contribution in [0.3, 0.4) is 0 Å². The number of nitrogens with one attached hydrogen (secondary N) is 1. The fourth-order valence-corrected chi connectivity index (χ4v) is 6.23. The van der Waals surface area contributed by atoms with Crippen LogP contribution in [0.5, 0.6) is 0 Å². The van der Waals surface area contributed by atoms with Gasteiger partial charge in [-0.1, -0.05) is 78.9 Å². The summed E-state index contributed by atoms with van der Waals surface area (Å²) in [6.45, 7) is 2.17. The number of hydrogen-bond donors (Lipinski definition) is 1. The van der Waals surface area contributed by atoms with Crippen LogP contribution < -0.4 is 10.2 Å². The van der Waals surface area contributed by atoms with Gasteiger partial charge in [-0.05, 0) is 30.8 Å². The number of anilines is 2. The summed E-state index contributed by atoms with van der Waals surface area (Å²) in [7, 11) is 1.96. The van der Waals surface area contributed by atoms with Crippen molar-refractivity contribution in [2.45, 2.75) is 18.4 Å². The first kappa shape index (κ1) is 33.5. The van der Waals surface area contributed by atoms with Crippen molar-refractivity contribution in [1.82, 2.24) is 9.80 Å². The van der Waals surface area contributed by atoms with E-state index < -0.39 is 30.2 Å². The van der Waals surface area contributed by atoms with Crippen molar-refractivity contribution in [3.05, 3.63) is 125 Å². The predicted molar refractivity (Wildman–Crippen MR) is 183 cm³/mol. The molecule has 0 spiro atoms. The van der Waals surface area contributed by atoms with Crippen LogP contribution in [0.2, 0.25) is 0 Å². The molecule has 2 amide bonds. The van der Waals surface area contributed by atoms with E-state index in [1.807, 2.05) is 19.2 Å². The average Bonchev–Trinajstić information content (AvgIpc) is 3.18. The Morgan fingerprint density at radius 3 is 2.21 bits per heavy atom. The molecule has 1 N–H and O–H groups in total. The minimum atomic E-state index is -3.31. The fourth-order valence-electron chi connectivity index (χ4n) is 6.23. The van der Waals surface area contributed by atoms with Crippen LogP contribution in [-0.2, 0) is 14.4 Å². The molecule has 6 rings (SSSR count). The molecule has 1 fully saturated rings. The third-order valence-electron chi connectivity index (χ3n) is 8.71. The highest BCUT2D eigenvalue weighted by Gasteiger charge is 2.43. The van der Waals surface area contributed by atoms with Crippen LogP contribution in [0.25, 0.3) is 11.1 Å². The Hall–Kier alpha value is -4.82.